The predicted octanol–water partition coefficient (Wildman–Crippen LogP) is 1.99. The zero-order valence-electron chi connectivity index (χ0n) is 8.29. The zero-order valence-corrected chi connectivity index (χ0v) is 8.29. The fourth-order valence-electron chi connectivity index (χ4n) is 1.91. The van der Waals surface area contributed by atoms with Gasteiger partial charge in [-0.15, -0.1) is 0 Å². The maximum Gasteiger partial charge on any atom is 0.307 e. The molecule has 1 unspecified atom stereocenters. The number of para-hydroxylation sites is 1. The molecule has 0 aromatic heterocycles. The van der Waals surface area contributed by atoms with Crippen molar-refractivity contribution in [2.45, 2.75) is 25.4 Å². The van der Waals surface area contributed by atoms with E-state index in [4.69, 9.17) is 9.84 Å². The average Bonchev–Trinajstić information content (AvgIpc) is 2.41. The summed E-state index contributed by atoms with van der Waals surface area (Å²) >= 11 is 0. The van der Waals surface area contributed by atoms with E-state index in [0.717, 1.165) is 5.56 Å². The largest absolute Gasteiger partial charge is 0.483 e. The highest BCUT2D eigenvalue weighted by Gasteiger charge is 2.38. The summed E-state index contributed by atoms with van der Waals surface area (Å²) in [6, 6.07) is 4.67. The molecule has 1 N–H and O–H groups in total. The van der Waals surface area contributed by atoms with Gasteiger partial charge in [0.1, 0.15) is 5.60 Å². The smallest absolute Gasteiger partial charge is 0.307 e. The SMILES string of the molecule is CC1(CC(=O)O)Cc2cccc(F)c2O1. The summed E-state index contributed by atoms with van der Waals surface area (Å²) in [5.41, 5.74) is -0.0881. The van der Waals surface area contributed by atoms with Crippen LogP contribution < -0.4 is 4.74 Å². The molecule has 0 aliphatic carbocycles. The van der Waals surface area contributed by atoms with Gasteiger partial charge in [-0.3, -0.25) is 4.79 Å². The van der Waals surface area contributed by atoms with Gasteiger partial charge in [-0.1, -0.05) is 12.1 Å². The Bertz CT molecular complexity index is 416. The second kappa shape index (κ2) is 3.22. The van der Waals surface area contributed by atoms with Crippen LogP contribution in [0.2, 0.25) is 0 Å². The number of hydrogen-bond donors (Lipinski definition) is 1. The van der Waals surface area contributed by atoms with Gasteiger partial charge in [0, 0.05) is 12.0 Å². The molecule has 1 heterocycles. The van der Waals surface area contributed by atoms with Gasteiger partial charge in [-0.2, -0.15) is 0 Å². The van der Waals surface area contributed by atoms with Crippen LogP contribution in [0.1, 0.15) is 18.9 Å². The Balaban J connectivity index is 2.28. The lowest BCUT2D eigenvalue weighted by Crippen LogP contribution is -2.33. The minimum Gasteiger partial charge on any atom is -0.483 e. The normalized spacial score (nSPS) is 23.3. The zero-order chi connectivity index (χ0) is 11.1. The Morgan fingerprint density at radius 1 is 1.67 bits per heavy atom. The number of carboxylic acid groups (broad SMARTS) is 1. The van der Waals surface area contributed by atoms with Crippen molar-refractivity contribution in [1.82, 2.24) is 0 Å². The Morgan fingerprint density at radius 3 is 3.00 bits per heavy atom. The molecule has 4 heteroatoms. The number of ether oxygens (including phenoxy) is 1. The molecule has 1 aromatic rings. The van der Waals surface area contributed by atoms with Crippen LogP contribution in [-0.2, 0) is 11.2 Å². The van der Waals surface area contributed by atoms with Crippen molar-refractivity contribution in [2.24, 2.45) is 0 Å². The summed E-state index contributed by atoms with van der Waals surface area (Å²) in [6.45, 7) is 1.68. The van der Waals surface area contributed by atoms with Crippen molar-refractivity contribution >= 4 is 5.97 Å². The van der Waals surface area contributed by atoms with Crippen LogP contribution in [0.25, 0.3) is 0 Å². The number of benzene rings is 1. The van der Waals surface area contributed by atoms with E-state index in [2.05, 4.69) is 0 Å². The number of hydrogen-bond acceptors (Lipinski definition) is 2. The van der Waals surface area contributed by atoms with Gasteiger partial charge in [0.15, 0.2) is 11.6 Å². The molecule has 1 aromatic carbocycles. The molecule has 0 fully saturated rings. The molecule has 0 spiro atoms. The van der Waals surface area contributed by atoms with Crippen LogP contribution in [0.4, 0.5) is 4.39 Å². The van der Waals surface area contributed by atoms with E-state index in [1.165, 1.54) is 6.07 Å². The molecular weight excluding hydrogens is 199 g/mol. The standard InChI is InChI=1S/C11H11FO3/c1-11(6-9(13)14)5-7-3-2-4-8(12)10(7)15-11/h2-4H,5-6H2,1H3,(H,13,14). The van der Waals surface area contributed by atoms with E-state index < -0.39 is 17.4 Å². The van der Waals surface area contributed by atoms with Crippen molar-refractivity contribution in [1.29, 1.82) is 0 Å². The van der Waals surface area contributed by atoms with E-state index in [-0.39, 0.29) is 12.2 Å². The number of aliphatic carboxylic acids is 1. The van der Waals surface area contributed by atoms with E-state index in [0.29, 0.717) is 6.42 Å². The maximum absolute atomic E-state index is 13.3. The molecule has 0 saturated carbocycles. The Kier molecular flexibility index (Phi) is 2.14. The molecule has 0 amide bonds. The quantitative estimate of drug-likeness (QED) is 0.812. The third-order valence-corrected chi connectivity index (χ3v) is 2.49. The van der Waals surface area contributed by atoms with Crippen LogP contribution in [0.15, 0.2) is 18.2 Å². The van der Waals surface area contributed by atoms with Crippen LogP contribution in [0.5, 0.6) is 5.75 Å². The highest BCUT2D eigenvalue weighted by molar-refractivity contribution is 5.68. The van der Waals surface area contributed by atoms with E-state index in [1.807, 2.05) is 0 Å². The Labute approximate surface area is 86.5 Å². The first kappa shape index (κ1) is 9.96. The lowest BCUT2D eigenvalue weighted by molar-refractivity contribution is -0.140. The lowest BCUT2D eigenvalue weighted by atomic mass is 9.96. The summed E-state index contributed by atoms with van der Waals surface area (Å²) < 4.78 is 18.7. The summed E-state index contributed by atoms with van der Waals surface area (Å²) in [4.78, 5) is 10.6. The molecule has 80 valence electrons. The number of carbonyl (C=O) groups is 1. The molecule has 3 nitrogen and oxygen atoms in total. The lowest BCUT2D eigenvalue weighted by Gasteiger charge is -2.21. The molecule has 1 aliphatic heterocycles. The Hall–Kier alpha value is -1.58. The van der Waals surface area contributed by atoms with Crippen molar-refractivity contribution < 1.29 is 19.0 Å². The summed E-state index contributed by atoms with van der Waals surface area (Å²) in [6.07, 6.45) is 0.313. The summed E-state index contributed by atoms with van der Waals surface area (Å²) in [5, 5.41) is 8.71. The van der Waals surface area contributed by atoms with Gasteiger partial charge in [0.05, 0.1) is 6.42 Å². The van der Waals surface area contributed by atoms with Gasteiger partial charge in [0.2, 0.25) is 0 Å². The highest BCUT2D eigenvalue weighted by atomic mass is 19.1. The van der Waals surface area contributed by atoms with E-state index >= 15 is 0 Å². The number of rotatable bonds is 2. The third-order valence-electron chi connectivity index (χ3n) is 2.49. The molecule has 1 aliphatic rings. The first-order valence-electron chi connectivity index (χ1n) is 4.68. The fraction of sp³-hybridized carbons (Fsp3) is 0.364. The second-order valence-electron chi connectivity index (χ2n) is 4.03. The highest BCUT2D eigenvalue weighted by Crippen LogP contribution is 2.38. The van der Waals surface area contributed by atoms with Gasteiger partial charge < -0.3 is 9.84 Å². The van der Waals surface area contributed by atoms with Crippen LogP contribution >= 0.6 is 0 Å². The van der Waals surface area contributed by atoms with Crippen LogP contribution in [0.3, 0.4) is 0 Å². The minimum absolute atomic E-state index is 0.124. The molecule has 0 radical (unpaired) electrons. The number of halogens is 1. The monoisotopic (exact) mass is 210 g/mol. The minimum atomic E-state index is -0.939. The van der Waals surface area contributed by atoms with Crippen LogP contribution in [0, 0.1) is 5.82 Å². The molecule has 15 heavy (non-hydrogen) atoms. The number of fused-ring (bicyclic) bond motifs is 1. The van der Waals surface area contributed by atoms with Crippen molar-refractivity contribution in [3.8, 4) is 5.75 Å². The van der Waals surface area contributed by atoms with Crippen molar-refractivity contribution in [3.63, 3.8) is 0 Å². The van der Waals surface area contributed by atoms with E-state index in [1.54, 1.807) is 19.1 Å². The average molecular weight is 210 g/mol. The first-order chi connectivity index (χ1) is 7.00. The molecule has 0 bridgehead atoms. The predicted molar refractivity (Wildman–Crippen MR) is 51.4 cm³/mol. The van der Waals surface area contributed by atoms with Crippen LogP contribution in [-0.4, -0.2) is 16.7 Å². The molecular formula is C11H11FO3. The Morgan fingerprint density at radius 2 is 2.40 bits per heavy atom. The molecule has 0 saturated heterocycles. The topological polar surface area (TPSA) is 46.5 Å². The van der Waals surface area contributed by atoms with Gasteiger partial charge in [0.25, 0.3) is 0 Å². The van der Waals surface area contributed by atoms with E-state index in [9.17, 15) is 9.18 Å². The fourth-order valence-corrected chi connectivity index (χ4v) is 1.91. The van der Waals surface area contributed by atoms with Crippen molar-refractivity contribution in [2.75, 3.05) is 0 Å². The number of carboxylic acids is 1. The summed E-state index contributed by atoms with van der Waals surface area (Å²) in [7, 11) is 0. The third kappa shape index (κ3) is 1.79. The first-order valence-corrected chi connectivity index (χ1v) is 4.68. The second-order valence-corrected chi connectivity index (χ2v) is 4.03. The van der Waals surface area contributed by atoms with Gasteiger partial charge in [-0.05, 0) is 13.0 Å². The van der Waals surface area contributed by atoms with Gasteiger partial charge in [-0.25, -0.2) is 4.39 Å². The van der Waals surface area contributed by atoms with Gasteiger partial charge >= 0.3 is 5.97 Å². The summed E-state index contributed by atoms with van der Waals surface area (Å²) in [5.74, 6) is -1.17. The maximum atomic E-state index is 13.3. The van der Waals surface area contributed by atoms with Crippen molar-refractivity contribution in [3.05, 3.63) is 29.6 Å². The molecule has 2 rings (SSSR count). The molecule has 1 atom stereocenters.